The molecule has 27 heavy (non-hydrogen) atoms. The second-order valence-electron chi connectivity index (χ2n) is 7.76. The van der Waals surface area contributed by atoms with Crippen LogP contribution in [0.5, 0.6) is 0 Å². The topological polar surface area (TPSA) is 77.8 Å². The van der Waals surface area contributed by atoms with Gasteiger partial charge >= 0.3 is 0 Å². The van der Waals surface area contributed by atoms with Crippen molar-refractivity contribution in [2.45, 2.75) is 76.1 Å². The maximum Gasteiger partial charge on any atom is 0.120 e. The maximum absolute atomic E-state index is 10.3. The molecule has 1 aromatic carbocycles. The molecule has 0 amide bonds. The molecule has 0 bridgehead atoms. The second kappa shape index (κ2) is 12.1. The summed E-state index contributed by atoms with van der Waals surface area (Å²) >= 11 is 0. The van der Waals surface area contributed by atoms with Crippen LogP contribution in [0, 0.1) is 11.8 Å². The summed E-state index contributed by atoms with van der Waals surface area (Å²) in [6.45, 7) is 0. The molecule has 4 heteroatoms. The Kier molecular flexibility index (Phi) is 9.74. The fraction of sp³-hybridized carbons (Fsp3) is 0.609. The lowest BCUT2D eigenvalue weighted by atomic mass is 9.85. The van der Waals surface area contributed by atoms with Crippen LogP contribution in [-0.4, -0.2) is 39.9 Å². The highest BCUT2D eigenvalue weighted by Crippen LogP contribution is 2.38. The number of aryl methyl sites for hydroxylation is 1. The summed E-state index contributed by atoms with van der Waals surface area (Å²) in [6, 6.07) is 10.1. The van der Waals surface area contributed by atoms with Crippen molar-refractivity contribution in [2.24, 2.45) is 11.8 Å². The molecule has 2 rings (SSSR count). The summed E-state index contributed by atoms with van der Waals surface area (Å²) in [5.41, 5.74) is 1.23. The third-order valence-electron chi connectivity index (χ3n) is 5.73. The van der Waals surface area contributed by atoms with Crippen LogP contribution in [0.3, 0.4) is 0 Å². The summed E-state index contributed by atoms with van der Waals surface area (Å²) in [5, 5.41) is 30.9. The first-order chi connectivity index (χ1) is 13.1. The van der Waals surface area contributed by atoms with Crippen LogP contribution in [0.4, 0.5) is 0 Å². The number of benzene rings is 1. The van der Waals surface area contributed by atoms with E-state index in [1.165, 1.54) is 5.56 Å². The van der Waals surface area contributed by atoms with Crippen molar-refractivity contribution >= 4 is 6.29 Å². The van der Waals surface area contributed by atoms with E-state index in [1.807, 2.05) is 18.2 Å². The van der Waals surface area contributed by atoms with Gasteiger partial charge in [0.25, 0.3) is 0 Å². The van der Waals surface area contributed by atoms with Crippen molar-refractivity contribution in [3.8, 4) is 0 Å². The molecule has 1 aromatic rings. The normalized spacial score (nSPS) is 26.5. The van der Waals surface area contributed by atoms with Gasteiger partial charge in [0.15, 0.2) is 0 Å². The molecule has 0 saturated heterocycles. The Morgan fingerprint density at radius 2 is 1.74 bits per heavy atom. The Morgan fingerprint density at radius 1 is 1.00 bits per heavy atom. The molecule has 5 atom stereocenters. The molecule has 4 nitrogen and oxygen atoms in total. The molecule has 0 aliphatic heterocycles. The molecular weight excluding hydrogens is 340 g/mol. The lowest BCUT2D eigenvalue weighted by Gasteiger charge is -2.23. The lowest BCUT2D eigenvalue weighted by molar-refractivity contribution is -0.107. The summed E-state index contributed by atoms with van der Waals surface area (Å²) < 4.78 is 0. The molecule has 1 saturated carbocycles. The first kappa shape index (κ1) is 21.8. The van der Waals surface area contributed by atoms with Crippen LogP contribution in [-0.2, 0) is 11.2 Å². The van der Waals surface area contributed by atoms with Gasteiger partial charge in [-0.1, -0.05) is 42.5 Å². The van der Waals surface area contributed by atoms with Gasteiger partial charge in [0.2, 0.25) is 0 Å². The molecular formula is C23H34O4. The SMILES string of the molecule is O=CCCC/C=C\C[C@@H]1[C@@H](CC[C@@H](O)CCc2ccccc2)[C@H](O)C[C@@H]1O. The average Bonchev–Trinajstić information content (AvgIpc) is 2.94. The molecule has 0 heterocycles. The van der Waals surface area contributed by atoms with E-state index >= 15 is 0 Å². The van der Waals surface area contributed by atoms with Crippen molar-refractivity contribution in [3.63, 3.8) is 0 Å². The monoisotopic (exact) mass is 374 g/mol. The number of carbonyl (C=O) groups is 1. The Labute approximate surface area is 162 Å². The highest BCUT2D eigenvalue weighted by molar-refractivity contribution is 5.49. The minimum absolute atomic E-state index is 0.0333. The van der Waals surface area contributed by atoms with E-state index in [1.54, 1.807) is 0 Å². The number of aliphatic hydroxyl groups is 3. The lowest BCUT2D eigenvalue weighted by Crippen LogP contribution is -2.23. The Morgan fingerprint density at radius 3 is 2.48 bits per heavy atom. The zero-order chi connectivity index (χ0) is 19.5. The molecule has 0 aromatic heterocycles. The molecule has 1 fully saturated rings. The predicted octanol–water partition coefficient (Wildman–Crippen LogP) is 3.43. The smallest absolute Gasteiger partial charge is 0.120 e. The maximum atomic E-state index is 10.3. The Hall–Kier alpha value is -1.49. The van der Waals surface area contributed by atoms with Crippen molar-refractivity contribution in [1.82, 2.24) is 0 Å². The van der Waals surface area contributed by atoms with Gasteiger partial charge in [-0.3, -0.25) is 0 Å². The standard InChI is InChI=1S/C23H34O4/c24-16-8-3-1-2-7-11-20-21(23(27)17-22(20)26)15-14-19(25)13-12-18-9-5-4-6-10-18/h2,4-7,9-10,16,19-23,25-27H,1,3,8,11-15,17H2/b7-2-/t19-,20+,21+,22-,23+/m0/s1. The summed E-state index contributed by atoms with van der Waals surface area (Å²) in [5.74, 6) is 0.0784. The molecule has 1 aliphatic carbocycles. The van der Waals surface area contributed by atoms with Crippen LogP contribution in [0.2, 0.25) is 0 Å². The number of allylic oxidation sites excluding steroid dienone is 2. The van der Waals surface area contributed by atoms with E-state index in [4.69, 9.17) is 0 Å². The Balaban J connectivity index is 1.75. The number of rotatable bonds is 12. The van der Waals surface area contributed by atoms with Gasteiger partial charge in [0, 0.05) is 6.42 Å². The molecule has 150 valence electrons. The largest absolute Gasteiger partial charge is 0.393 e. The Bertz CT molecular complexity index is 557. The van der Waals surface area contributed by atoms with Crippen LogP contribution in [0.1, 0.15) is 56.9 Å². The van der Waals surface area contributed by atoms with Gasteiger partial charge in [-0.05, 0) is 68.8 Å². The summed E-state index contributed by atoms with van der Waals surface area (Å²) in [7, 11) is 0. The van der Waals surface area contributed by atoms with Gasteiger partial charge in [0.1, 0.15) is 6.29 Å². The van der Waals surface area contributed by atoms with E-state index in [9.17, 15) is 20.1 Å². The number of hydrogen-bond acceptors (Lipinski definition) is 4. The van der Waals surface area contributed by atoms with E-state index in [0.717, 1.165) is 44.8 Å². The first-order valence-corrected chi connectivity index (χ1v) is 10.3. The van der Waals surface area contributed by atoms with Crippen molar-refractivity contribution in [3.05, 3.63) is 48.0 Å². The van der Waals surface area contributed by atoms with Crippen molar-refractivity contribution < 1.29 is 20.1 Å². The number of hydrogen-bond donors (Lipinski definition) is 3. The molecule has 0 spiro atoms. The zero-order valence-corrected chi connectivity index (χ0v) is 16.1. The number of carbonyl (C=O) groups excluding carboxylic acids is 1. The number of aldehydes is 1. The minimum atomic E-state index is -0.491. The summed E-state index contributed by atoms with van der Waals surface area (Å²) in [6.07, 6.45) is 10.1. The third kappa shape index (κ3) is 7.57. The molecule has 0 unspecified atom stereocenters. The van der Waals surface area contributed by atoms with E-state index < -0.39 is 12.2 Å². The van der Waals surface area contributed by atoms with Gasteiger partial charge in [0.05, 0.1) is 18.3 Å². The van der Waals surface area contributed by atoms with Crippen LogP contribution < -0.4 is 0 Å². The first-order valence-electron chi connectivity index (χ1n) is 10.3. The quantitative estimate of drug-likeness (QED) is 0.298. The van der Waals surface area contributed by atoms with Crippen molar-refractivity contribution in [2.75, 3.05) is 0 Å². The van der Waals surface area contributed by atoms with E-state index in [2.05, 4.69) is 24.3 Å². The van der Waals surface area contributed by atoms with Gasteiger partial charge in [-0.15, -0.1) is 0 Å². The predicted molar refractivity (Wildman–Crippen MR) is 107 cm³/mol. The minimum Gasteiger partial charge on any atom is -0.393 e. The van der Waals surface area contributed by atoms with Gasteiger partial charge in [-0.2, -0.15) is 0 Å². The highest BCUT2D eigenvalue weighted by Gasteiger charge is 2.40. The van der Waals surface area contributed by atoms with Crippen LogP contribution in [0.25, 0.3) is 0 Å². The van der Waals surface area contributed by atoms with Gasteiger partial charge in [-0.25, -0.2) is 0 Å². The second-order valence-corrected chi connectivity index (χ2v) is 7.76. The number of unbranched alkanes of at least 4 members (excludes halogenated alkanes) is 2. The average molecular weight is 375 g/mol. The third-order valence-corrected chi connectivity index (χ3v) is 5.73. The highest BCUT2D eigenvalue weighted by atomic mass is 16.3. The van der Waals surface area contributed by atoms with Crippen LogP contribution in [0.15, 0.2) is 42.5 Å². The molecule has 1 aliphatic rings. The summed E-state index contributed by atoms with van der Waals surface area (Å²) in [4.78, 5) is 10.3. The fourth-order valence-corrected chi connectivity index (χ4v) is 4.10. The molecule has 0 radical (unpaired) electrons. The molecule has 3 N–H and O–H groups in total. The van der Waals surface area contributed by atoms with E-state index in [-0.39, 0.29) is 17.9 Å². The fourth-order valence-electron chi connectivity index (χ4n) is 4.10. The zero-order valence-electron chi connectivity index (χ0n) is 16.1. The van der Waals surface area contributed by atoms with E-state index in [0.29, 0.717) is 19.3 Å². The van der Waals surface area contributed by atoms with Crippen molar-refractivity contribution in [1.29, 1.82) is 0 Å². The number of aliphatic hydroxyl groups excluding tert-OH is 3. The van der Waals surface area contributed by atoms with Crippen LogP contribution >= 0.6 is 0 Å². The van der Waals surface area contributed by atoms with Gasteiger partial charge < -0.3 is 20.1 Å².